The van der Waals surface area contributed by atoms with Crippen molar-refractivity contribution in [1.29, 1.82) is 0 Å². The molecule has 7 heteroatoms. The highest BCUT2D eigenvalue weighted by atomic mass is 32.1. The van der Waals surface area contributed by atoms with Crippen LogP contribution >= 0.6 is 11.3 Å². The molecule has 0 saturated carbocycles. The van der Waals surface area contributed by atoms with Gasteiger partial charge < -0.3 is 10.6 Å². The number of guanidine groups is 1. The van der Waals surface area contributed by atoms with Gasteiger partial charge in [0.1, 0.15) is 5.01 Å². The van der Waals surface area contributed by atoms with Crippen molar-refractivity contribution in [1.82, 2.24) is 15.6 Å². The van der Waals surface area contributed by atoms with E-state index in [2.05, 4.69) is 20.6 Å². The van der Waals surface area contributed by atoms with Gasteiger partial charge >= 0.3 is 0 Å². The fourth-order valence-electron chi connectivity index (χ4n) is 1.92. The molecule has 2 aromatic rings. The highest BCUT2D eigenvalue weighted by molar-refractivity contribution is 7.11. The molecule has 0 bridgehead atoms. The van der Waals surface area contributed by atoms with E-state index in [0.29, 0.717) is 31.0 Å². The van der Waals surface area contributed by atoms with Crippen molar-refractivity contribution in [2.24, 2.45) is 4.99 Å². The van der Waals surface area contributed by atoms with Gasteiger partial charge in [0, 0.05) is 24.7 Å². The number of nitrogens with zero attached hydrogens (tertiary/aromatic N) is 2. The van der Waals surface area contributed by atoms with Gasteiger partial charge in [-0.2, -0.15) is 0 Å². The molecule has 0 aliphatic heterocycles. The minimum Gasteiger partial charge on any atom is -0.356 e. The molecule has 0 radical (unpaired) electrons. The molecule has 0 spiro atoms. The fourth-order valence-corrected chi connectivity index (χ4v) is 2.65. The maximum absolute atomic E-state index is 13.5. The Morgan fingerprint density at radius 2 is 2.14 bits per heavy atom. The van der Waals surface area contributed by atoms with Gasteiger partial charge in [-0.15, -0.1) is 11.3 Å². The summed E-state index contributed by atoms with van der Waals surface area (Å²) in [6.45, 7) is 3.03. The van der Waals surface area contributed by atoms with Gasteiger partial charge in [-0.1, -0.05) is 12.1 Å². The summed E-state index contributed by atoms with van der Waals surface area (Å²) in [5.41, 5.74) is 0.346. The lowest BCUT2D eigenvalue weighted by Crippen LogP contribution is -2.37. The van der Waals surface area contributed by atoms with Crippen LogP contribution in [0.1, 0.15) is 15.4 Å². The zero-order valence-electron chi connectivity index (χ0n) is 12.5. The Kier molecular flexibility index (Phi) is 5.83. The Bertz CT molecular complexity index is 655. The second kappa shape index (κ2) is 7.84. The van der Waals surface area contributed by atoms with Gasteiger partial charge in [-0.05, 0) is 25.0 Å². The van der Waals surface area contributed by atoms with Crippen LogP contribution in [-0.4, -0.2) is 24.5 Å². The number of hydrogen-bond donors (Lipinski definition) is 2. The summed E-state index contributed by atoms with van der Waals surface area (Å²) in [4.78, 5) is 9.49. The summed E-state index contributed by atoms with van der Waals surface area (Å²) in [7, 11) is 1.66. The maximum Gasteiger partial charge on any atom is 0.191 e. The van der Waals surface area contributed by atoms with Crippen LogP contribution in [0.2, 0.25) is 0 Å². The summed E-state index contributed by atoms with van der Waals surface area (Å²) in [6.07, 6.45) is 2.20. The molecule has 1 aromatic heterocycles. The molecule has 1 aromatic carbocycles. The highest BCUT2D eigenvalue weighted by Crippen LogP contribution is 2.11. The smallest absolute Gasteiger partial charge is 0.191 e. The maximum atomic E-state index is 13.5. The van der Waals surface area contributed by atoms with Crippen molar-refractivity contribution in [3.05, 3.63) is 51.5 Å². The van der Waals surface area contributed by atoms with Crippen molar-refractivity contribution in [2.75, 3.05) is 13.6 Å². The van der Waals surface area contributed by atoms with E-state index >= 15 is 0 Å². The lowest BCUT2D eigenvalue weighted by atomic mass is 10.1. The van der Waals surface area contributed by atoms with Crippen LogP contribution in [0.5, 0.6) is 0 Å². The molecule has 0 amide bonds. The Morgan fingerprint density at radius 1 is 1.32 bits per heavy atom. The van der Waals surface area contributed by atoms with Gasteiger partial charge in [0.05, 0.1) is 6.54 Å². The van der Waals surface area contributed by atoms with Crippen molar-refractivity contribution in [2.45, 2.75) is 19.9 Å². The van der Waals surface area contributed by atoms with Crippen LogP contribution in [0.15, 0.2) is 29.4 Å². The number of benzene rings is 1. The van der Waals surface area contributed by atoms with Crippen LogP contribution in [0.4, 0.5) is 8.78 Å². The average Bonchev–Trinajstić information content (AvgIpc) is 2.92. The molecule has 0 aliphatic rings. The second-order valence-electron chi connectivity index (χ2n) is 4.68. The molecule has 0 aliphatic carbocycles. The highest BCUT2D eigenvalue weighted by Gasteiger charge is 2.07. The average molecular weight is 324 g/mol. The molecule has 118 valence electrons. The minimum absolute atomic E-state index is 0.346. The van der Waals surface area contributed by atoms with E-state index in [1.165, 1.54) is 6.07 Å². The molecule has 0 saturated heterocycles. The van der Waals surface area contributed by atoms with Gasteiger partial charge in [0.25, 0.3) is 0 Å². The standard InChI is InChI=1S/C15H18F2N4S/c1-10-8-20-13(22-10)9-21-15(18-2)19-7-6-11-4-3-5-12(16)14(11)17/h3-5,8H,6-7,9H2,1-2H3,(H2,18,19,21). The van der Waals surface area contributed by atoms with E-state index in [9.17, 15) is 8.78 Å². The predicted molar refractivity (Wildman–Crippen MR) is 85.1 cm³/mol. The van der Waals surface area contributed by atoms with Gasteiger partial charge in [0.2, 0.25) is 0 Å². The predicted octanol–water partition coefficient (Wildman–Crippen LogP) is 2.64. The van der Waals surface area contributed by atoms with Crippen LogP contribution in [-0.2, 0) is 13.0 Å². The number of aliphatic imine (C=N–C) groups is 1. The Hall–Kier alpha value is -2.02. The quantitative estimate of drug-likeness (QED) is 0.657. The van der Waals surface area contributed by atoms with Crippen molar-refractivity contribution >= 4 is 17.3 Å². The van der Waals surface area contributed by atoms with E-state index < -0.39 is 11.6 Å². The normalized spacial score (nSPS) is 11.5. The van der Waals surface area contributed by atoms with E-state index in [1.807, 2.05) is 13.1 Å². The van der Waals surface area contributed by atoms with E-state index in [0.717, 1.165) is 16.0 Å². The van der Waals surface area contributed by atoms with Crippen molar-refractivity contribution < 1.29 is 8.78 Å². The van der Waals surface area contributed by atoms with Crippen molar-refractivity contribution in [3.8, 4) is 0 Å². The van der Waals surface area contributed by atoms with Gasteiger partial charge in [-0.25, -0.2) is 13.8 Å². The van der Waals surface area contributed by atoms with Gasteiger partial charge in [0.15, 0.2) is 17.6 Å². The zero-order valence-corrected chi connectivity index (χ0v) is 13.3. The molecule has 2 N–H and O–H groups in total. The van der Waals surface area contributed by atoms with Crippen LogP contribution in [0, 0.1) is 18.6 Å². The number of aromatic nitrogens is 1. The third kappa shape index (κ3) is 4.49. The number of aryl methyl sites for hydroxylation is 1. The first-order valence-corrected chi connectivity index (χ1v) is 7.70. The van der Waals surface area contributed by atoms with Crippen molar-refractivity contribution in [3.63, 3.8) is 0 Å². The lowest BCUT2D eigenvalue weighted by Gasteiger charge is -2.11. The largest absolute Gasteiger partial charge is 0.356 e. The SMILES string of the molecule is CN=C(NCCc1cccc(F)c1F)NCc1ncc(C)s1. The van der Waals surface area contributed by atoms with Crippen LogP contribution in [0.3, 0.4) is 0 Å². The van der Waals surface area contributed by atoms with E-state index in [4.69, 9.17) is 0 Å². The molecule has 0 unspecified atom stereocenters. The molecule has 1 heterocycles. The fraction of sp³-hybridized carbons (Fsp3) is 0.333. The second-order valence-corrected chi connectivity index (χ2v) is 6.00. The Balaban J connectivity index is 1.80. The Morgan fingerprint density at radius 3 is 2.82 bits per heavy atom. The first kappa shape index (κ1) is 16.4. The van der Waals surface area contributed by atoms with Crippen LogP contribution < -0.4 is 10.6 Å². The lowest BCUT2D eigenvalue weighted by molar-refractivity contribution is 0.498. The number of hydrogen-bond acceptors (Lipinski definition) is 3. The van der Waals surface area contributed by atoms with E-state index in [1.54, 1.807) is 24.5 Å². The van der Waals surface area contributed by atoms with E-state index in [-0.39, 0.29) is 0 Å². The third-order valence-electron chi connectivity index (χ3n) is 3.02. The van der Waals surface area contributed by atoms with Gasteiger partial charge in [-0.3, -0.25) is 4.99 Å². The minimum atomic E-state index is -0.820. The first-order chi connectivity index (χ1) is 10.6. The molecule has 22 heavy (non-hydrogen) atoms. The summed E-state index contributed by atoms with van der Waals surface area (Å²) >= 11 is 1.62. The Labute approximate surface area is 132 Å². The summed E-state index contributed by atoms with van der Waals surface area (Å²) in [5, 5.41) is 7.17. The van der Waals surface area contributed by atoms with Crippen LogP contribution in [0.25, 0.3) is 0 Å². The molecule has 2 rings (SSSR count). The number of halogens is 2. The number of nitrogens with one attached hydrogen (secondary N) is 2. The summed E-state index contributed by atoms with van der Waals surface area (Å²) in [6, 6.07) is 4.20. The first-order valence-electron chi connectivity index (χ1n) is 6.89. The number of thiazole rings is 1. The monoisotopic (exact) mass is 324 g/mol. The number of rotatable bonds is 5. The zero-order chi connectivity index (χ0) is 15.9. The molecule has 4 nitrogen and oxygen atoms in total. The molecule has 0 atom stereocenters. The third-order valence-corrected chi connectivity index (χ3v) is 3.93. The topological polar surface area (TPSA) is 49.3 Å². The molecular formula is C15H18F2N4S. The molecular weight excluding hydrogens is 306 g/mol. The summed E-state index contributed by atoms with van der Waals surface area (Å²) in [5.74, 6) is -1.01. The summed E-state index contributed by atoms with van der Waals surface area (Å²) < 4.78 is 26.6. The molecule has 0 fully saturated rings.